The zero-order chi connectivity index (χ0) is 6.74. The van der Waals surface area contributed by atoms with E-state index in [4.69, 9.17) is 10.5 Å². The largest absolute Gasteiger partial charge is 0.383 e. The van der Waals surface area contributed by atoms with E-state index in [1.807, 2.05) is 0 Å². The molecular formula is C7H13NO. The van der Waals surface area contributed by atoms with Crippen molar-refractivity contribution in [1.29, 1.82) is 0 Å². The Hall–Kier alpha value is -0.340. The summed E-state index contributed by atoms with van der Waals surface area (Å²) in [6.45, 7) is 0.667. The molecule has 0 atom stereocenters. The first kappa shape index (κ1) is 6.78. The highest BCUT2D eigenvalue weighted by Gasteiger charge is 2.24. The quantitative estimate of drug-likeness (QED) is 0.554. The van der Waals surface area contributed by atoms with Crippen molar-refractivity contribution in [1.82, 2.24) is 0 Å². The zero-order valence-corrected chi connectivity index (χ0v) is 5.76. The monoisotopic (exact) mass is 127 g/mol. The van der Waals surface area contributed by atoms with Crippen LogP contribution in [0, 0.1) is 0 Å². The summed E-state index contributed by atoms with van der Waals surface area (Å²) < 4.78 is 4.96. The summed E-state index contributed by atoms with van der Waals surface area (Å²) in [6.07, 6.45) is 6.14. The van der Waals surface area contributed by atoms with Crippen LogP contribution in [0.2, 0.25) is 0 Å². The van der Waals surface area contributed by atoms with Crippen LogP contribution in [0.1, 0.15) is 12.8 Å². The van der Waals surface area contributed by atoms with Crippen LogP contribution in [0.5, 0.6) is 0 Å². The number of ether oxygens (including phenoxy) is 1. The van der Waals surface area contributed by atoms with Gasteiger partial charge in [-0.2, -0.15) is 0 Å². The Morgan fingerprint density at radius 3 is 2.56 bits per heavy atom. The van der Waals surface area contributed by atoms with Gasteiger partial charge in [0.15, 0.2) is 0 Å². The smallest absolute Gasteiger partial charge is 0.0648 e. The van der Waals surface area contributed by atoms with Crippen LogP contribution in [0.3, 0.4) is 0 Å². The van der Waals surface area contributed by atoms with Gasteiger partial charge >= 0.3 is 0 Å². The lowest BCUT2D eigenvalue weighted by atomic mass is 10.0. The van der Waals surface area contributed by atoms with E-state index in [9.17, 15) is 0 Å². The minimum atomic E-state index is -0.0885. The van der Waals surface area contributed by atoms with E-state index in [1.54, 1.807) is 7.11 Å². The van der Waals surface area contributed by atoms with Gasteiger partial charge in [0, 0.05) is 12.6 Å². The Balaban J connectivity index is 2.36. The van der Waals surface area contributed by atoms with Crippen LogP contribution < -0.4 is 5.73 Å². The van der Waals surface area contributed by atoms with Crippen molar-refractivity contribution in [3.63, 3.8) is 0 Å². The first-order chi connectivity index (χ1) is 4.27. The molecule has 1 aliphatic rings. The van der Waals surface area contributed by atoms with Gasteiger partial charge in [0.1, 0.15) is 0 Å². The summed E-state index contributed by atoms with van der Waals surface area (Å²) >= 11 is 0. The summed E-state index contributed by atoms with van der Waals surface area (Å²) in [5.41, 5.74) is 5.79. The third-order valence-corrected chi connectivity index (χ3v) is 1.65. The maximum Gasteiger partial charge on any atom is 0.0648 e. The number of hydrogen-bond acceptors (Lipinski definition) is 2. The van der Waals surface area contributed by atoms with Crippen LogP contribution in [0.4, 0.5) is 0 Å². The molecule has 1 aliphatic carbocycles. The number of nitrogens with two attached hydrogens (primary N) is 1. The van der Waals surface area contributed by atoms with Crippen molar-refractivity contribution >= 4 is 0 Å². The molecule has 1 rings (SSSR count). The average molecular weight is 127 g/mol. The molecule has 0 amide bonds. The lowest BCUT2D eigenvalue weighted by molar-refractivity contribution is 0.138. The third-order valence-electron chi connectivity index (χ3n) is 1.65. The molecule has 0 radical (unpaired) electrons. The number of rotatable bonds is 2. The summed E-state index contributed by atoms with van der Waals surface area (Å²) in [6, 6.07) is 0. The van der Waals surface area contributed by atoms with E-state index in [-0.39, 0.29) is 5.54 Å². The maximum atomic E-state index is 5.88. The summed E-state index contributed by atoms with van der Waals surface area (Å²) in [5, 5.41) is 0. The van der Waals surface area contributed by atoms with E-state index in [1.165, 1.54) is 0 Å². The Morgan fingerprint density at radius 2 is 2.11 bits per heavy atom. The van der Waals surface area contributed by atoms with Crippen LogP contribution >= 0.6 is 0 Å². The average Bonchev–Trinajstić information content (AvgIpc) is 2.16. The SMILES string of the molecule is COCC1(N)CC=CC1. The summed E-state index contributed by atoms with van der Waals surface area (Å²) in [7, 11) is 1.69. The highest BCUT2D eigenvalue weighted by Crippen LogP contribution is 2.20. The molecule has 0 saturated carbocycles. The Labute approximate surface area is 55.7 Å². The van der Waals surface area contributed by atoms with Crippen molar-refractivity contribution in [2.75, 3.05) is 13.7 Å². The fraction of sp³-hybridized carbons (Fsp3) is 0.714. The van der Waals surface area contributed by atoms with Crippen molar-refractivity contribution < 1.29 is 4.74 Å². The van der Waals surface area contributed by atoms with Crippen LogP contribution in [0.25, 0.3) is 0 Å². The molecule has 9 heavy (non-hydrogen) atoms. The lowest BCUT2D eigenvalue weighted by Crippen LogP contribution is -2.41. The molecule has 0 unspecified atom stereocenters. The van der Waals surface area contributed by atoms with Gasteiger partial charge in [-0.1, -0.05) is 12.2 Å². The fourth-order valence-electron chi connectivity index (χ4n) is 1.12. The second-order valence-corrected chi connectivity index (χ2v) is 2.68. The molecule has 52 valence electrons. The molecule has 0 aliphatic heterocycles. The molecule has 2 nitrogen and oxygen atoms in total. The van der Waals surface area contributed by atoms with Gasteiger partial charge in [0.25, 0.3) is 0 Å². The number of methoxy groups -OCH3 is 1. The standard InChI is InChI=1S/C7H13NO/c1-9-6-7(8)4-2-3-5-7/h2-3H,4-6,8H2,1H3. The van der Waals surface area contributed by atoms with E-state index in [0.717, 1.165) is 12.8 Å². The van der Waals surface area contributed by atoms with Crippen LogP contribution in [-0.2, 0) is 4.74 Å². The molecule has 2 N–H and O–H groups in total. The van der Waals surface area contributed by atoms with Gasteiger partial charge in [-0.15, -0.1) is 0 Å². The zero-order valence-electron chi connectivity index (χ0n) is 5.76. The van der Waals surface area contributed by atoms with Crippen molar-refractivity contribution in [2.24, 2.45) is 5.73 Å². The Kier molecular flexibility index (Phi) is 1.88. The van der Waals surface area contributed by atoms with E-state index < -0.39 is 0 Å². The molecule has 2 heteroatoms. The first-order valence-electron chi connectivity index (χ1n) is 3.20. The molecule has 0 heterocycles. The van der Waals surface area contributed by atoms with Gasteiger partial charge in [-0.05, 0) is 12.8 Å². The van der Waals surface area contributed by atoms with Gasteiger partial charge in [0.05, 0.1) is 6.61 Å². The Morgan fingerprint density at radius 1 is 1.56 bits per heavy atom. The second kappa shape index (κ2) is 2.50. The van der Waals surface area contributed by atoms with Crippen molar-refractivity contribution in [2.45, 2.75) is 18.4 Å². The van der Waals surface area contributed by atoms with Gasteiger partial charge < -0.3 is 10.5 Å². The van der Waals surface area contributed by atoms with E-state index in [2.05, 4.69) is 12.2 Å². The molecule has 0 fully saturated rings. The molecule has 0 spiro atoms. The van der Waals surface area contributed by atoms with E-state index in [0.29, 0.717) is 6.61 Å². The fourth-order valence-corrected chi connectivity index (χ4v) is 1.12. The van der Waals surface area contributed by atoms with Crippen LogP contribution in [0.15, 0.2) is 12.2 Å². The molecule has 0 saturated heterocycles. The minimum Gasteiger partial charge on any atom is -0.383 e. The molecule has 0 aromatic heterocycles. The summed E-state index contributed by atoms with van der Waals surface area (Å²) in [4.78, 5) is 0. The van der Waals surface area contributed by atoms with Gasteiger partial charge in [-0.25, -0.2) is 0 Å². The molecular weight excluding hydrogens is 114 g/mol. The van der Waals surface area contributed by atoms with Gasteiger partial charge in [0.2, 0.25) is 0 Å². The predicted octanol–water partition coefficient (Wildman–Crippen LogP) is 0.680. The van der Waals surface area contributed by atoms with E-state index >= 15 is 0 Å². The highest BCUT2D eigenvalue weighted by atomic mass is 16.5. The third kappa shape index (κ3) is 1.53. The summed E-state index contributed by atoms with van der Waals surface area (Å²) in [5.74, 6) is 0. The predicted molar refractivity (Wildman–Crippen MR) is 37.2 cm³/mol. The molecule has 0 aromatic rings. The number of hydrogen-bond donors (Lipinski definition) is 1. The second-order valence-electron chi connectivity index (χ2n) is 2.68. The first-order valence-corrected chi connectivity index (χ1v) is 3.20. The van der Waals surface area contributed by atoms with Crippen molar-refractivity contribution in [3.8, 4) is 0 Å². The maximum absolute atomic E-state index is 5.88. The minimum absolute atomic E-state index is 0.0885. The lowest BCUT2D eigenvalue weighted by Gasteiger charge is -2.21. The van der Waals surface area contributed by atoms with Crippen molar-refractivity contribution in [3.05, 3.63) is 12.2 Å². The Bertz CT molecular complexity index is 112. The van der Waals surface area contributed by atoms with Crippen LogP contribution in [-0.4, -0.2) is 19.3 Å². The topological polar surface area (TPSA) is 35.2 Å². The van der Waals surface area contributed by atoms with Gasteiger partial charge in [-0.3, -0.25) is 0 Å². The molecule has 0 bridgehead atoms. The normalized spacial score (nSPS) is 22.9. The highest BCUT2D eigenvalue weighted by molar-refractivity contribution is 5.06. The molecule has 0 aromatic carbocycles.